The Labute approximate surface area is 131 Å². The molecule has 0 unspecified atom stereocenters. The summed E-state index contributed by atoms with van der Waals surface area (Å²) < 4.78 is 5.07. The predicted molar refractivity (Wildman–Crippen MR) is 88.6 cm³/mol. The van der Waals surface area contributed by atoms with Gasteiger partial charge in [-0.3, -0.25) is 4.79 Å². The average molecular weight is 295 g/mol. The van der Waals surface area contributed by atoms with Crippen molar-refractivity contribution in [2.45, 2.75) is 19.8 Å². The highest BCUT2D eigenvalue weighted by atomic mass is 16.5. The second-order valence-corrected chi connectivity index (χ2v) is 6.32. The van der Waals surface area contributed by atoms with E-state index in [4.69, 9.17) is 4.74 Å². The summed E-state index contributed by atoms with van der Waals surface area (Å²) in [5.41, 5.74) is 3.98. The Kier molecular flexibility index (Phi) is 3.44. The van der Waals surface area contributed by atoms with Crippen LogP contribution in [0.25, 0.3) is 0 Å². The topological polar surface area (TPSA) is 29.5 Å². The number of anilines is 2. The first-order valence-electron chi connectivity index (χ1n) is 7.48. The molecule has 1 heterocycles. The van der Waals surface area contributed by atoms with E-state index in [1.807, 2.05) is 38.1 Å². The molecule has 114 valence electrons. The zero-order chi connectivity index (χ0) is 15.9. The molecule has 3 rings (SSSR count). The summed E-state index contributed by atoms with van der Waals surface area (Å²) in [6.07, 6.45) is 0. The number of rotatable bonds is 2. The molecule has 0 aliphatic carbocycles. The fraction of sp³-hybridized carbons (Fsp3) is 0.316. The Balaban J connectivity index is 2.27. The third-order valence-electron chi connectivity index (χ3n) is 4.65. The highest BCUT2D eigenvalue weighted by molar-refractivity contribution is 5.83. The van der Waals surface area contributed by atoms with E-state index < -0.39 is 5.41 Å². The maximum absolute atomic E-state index is 12.4. The van der Waals surface area contributed by atoms with E-state index in [1.54, 1.807) is 0 Å². The second-order valence-electron chi connectivity index (χ2n) is 6.32. The molecule has 0 aromatic heterocycles. The molecule has 2 aromatic carbocycles. The minimum atomic E-state index is -0.637. The first-order valence-corrected chi connectivity index (χ1v) is 7.48. The van der Waals surface area contributed by atoms with Gasteiger partial charge in [0, 0.05) is 24.3 Å². The molecule has 3 heteroatoms. The van der Waals surface area contributed by atoms with Crippen LogP contribution in [0.1, 0.15) is 30.9 Å². The van der Waals surface area contributed by atoms with E-state index in [9.17, 15) is 4.79 Å². The SMILES string of the molecule is COC(=O)C(C)(C)C1c2ccccc2N(C)c2ccccc21. The van der Waals surface area contributed by atoms with Crippen molar-refractivity contribution in [2.75, 3.05) is 19.1 Å². The summed E-state index contributed by atoms with van der Waals surface area (Å²) in [7, 11) is 3.52. The molecule has 1 aliphatic rings. The molecule has 0 N–H and O–H groups in total. The normalized spacial score (nSPS) is 14.3. The van der Waals surface area contributed by atoms with Crippen LogP contribution in [0.3, 0.4) is 0 Å². The van der Waals surface area contributed by atoms with Crippen molar-refractivity contribution in [1.29, 1.82) is 0 Å². The van der Waals surface area contributed by atoms with Gasteiger partial charge in [-0.15, -0.1) is 0 Å². The van der Waals surface area contributed by atoms with Crippen LogP contribution in [0.4, 0.5) is 11.4 Å². The number of fused-ring (bicyclic) bond motifs is 2. The van der Waals surface area contributed by atoms with E-state index in [0.717, 1.165) is 11.4 Å². The number of carbonyl (C=O) groups excluding carboxylic acids is 1. The van der Waals surface area contributed by atoms with Crippen LogP contribution in [0.2, 0.25) is 0 Å². The molecule has 1 aliphatic heterocycles. The van der Waals surface area contributed by atoms with Crippen molar-refractivity contribution in [1.82, 2.24) is 0 Å². The summed E-state index contributed by atoms with van der Waals surface area (Å²) in [4.78, 5) is 14.6. The van der Waals surface area contributed by atoms with Crippen molar-refractivity contribution in [3.8, 4) is 0 Å². The van der Waals surface area contributed by atoms with E-state index in [0.29, 0.717) is 0 Å². The van der Waals surface area contributed by atoms with Crippen LogP contribution in [0, 0.1) is 5.41 Å². The van der Waals surface area contributed by atoms with Crippen LogP contribution in [0.15, 0.2) is 48.5 Å². The molecule has 0 fully saturated rings. The van der Waals surface area contributed by atoms with E-state index in [-0.39, 0.29) is 11.9 Å². The lowest BCUT2D eigenvalue weighted by molar-refractivity contribution is -0.151. The largest absolute Gasteiger partial charge is 0.469 e. The Bertz CT molecular complexity index is 673. The van der Waals surface area contributed by atoms with Gasteiger partial charge in [0.25, 0.3) is 0 Å². The van der Waals surface area contributed by atoms with Gasteiger partial charge in [0.1, 0.15) is 0 Å². The molecule has 0 amide bonds. The molecule has 22 heavy (non-hydrogen) atoms. The van der Waals surface area contributed by atoms with Gasteiger partial charge in [-0.25, -0.2) is 0 Å². The predicted octanol–water partition coefficient (Wildman–Crippen LogP) is 4.10. The maximum Gasteiger partial charge on any atom is 0.312 e. The quantitative estimate of drug-likeness (QED) is 0.781. The smallest absolute Gasteiger partial charge is 0.312 e. The van der Waals surface area contributed by atoms with Crippen molar-refractivity contribution in [3.05, 3.63) is 59.7 Å². The van der Waals surface area contributed by atoms with Crippen LogP contribution >= 0.6 is 0 Å². The van der Waals surface area contributed by atoms with Crippen LogP contribution < -0.4 is 4.90 Å². The average Bonchev–Trinajstić information content (AvgIpc) is 2.54. The third-order valence-corrected chi connectivity index (χ3v) is 4.65. The minimum Gasteiger partial charge on any atom is -0.469 e. The second kappa shape index (κ2) is 5.16. The number of esters is 1. The zero-order valence-corrected chi connectivity index (χ0v) is 13.5. The number of ether oxygens (including phenoxy) is 1. The summed E-state index contributed by atoms with van der Waals surface area (Å²) >= 11 is 0. The van der Waals surface area contributed by atoms with E-state index in [1.165, 1.54) is 18.2 Å². The van der Waals surface area contributed by atoms with Crippen LogP contribution in [-0.2, 0) is 9.53 Å². The summed E-state index contributed by atoms with van der Waals surface area (Å²) in [5.74, 6) is -0.213. The number of para-hydroxylation sites is 2. The number of methoxy groups -OCH3 is 1. The van der Waals surface area contributed by atoms with Crippen LogP contribution in [-0.4, -0.2) is 20.1 Å². The van der Waals surface area contributed by atoms with Gasteiger partial charge < -0.3 is 9.64 Å². The minimum absolute atomic E-state index is 0.0245. The Hall–Kier alpha value is -2.29. The molecule has 0 spiro atoms. The van der Waals surface area contributed by atoms with Gasteiger partial charge in [-0.1, -0.05) is 36.4 Å². The zero-order valence-electron chi connectivity index (χ0n) is 13.5. The first-order chi connectivity index (χ1) is 10.5. The molecule has 2 aromatic rings. The monoisotopic (exact) mass is 295 g/mol. The Morgan fingerprint density at radius 2 is 1.45 bits per heavy atom. The van der Waals surface area contributed by atoms with Crippen molar-refractivity contribution < 1.29 is 9.53 Å². The third kappa shape index (κ3) is 2.00. The standard InChI is InChI=1S/C19H21NO2/c1-19(2,18(21)22-4)17-13-9-5-7-11-15(13)20(3)16-12-8-6-10-14(16)17/h5-12,17H,1-4H3. The first kappa shape index (κ1) is 14.6. The maximum atomic E-state index is 12.4. The molecular weight excluding hydrogens is 274 g/mol. The summed E-state index contributed by atoms with van der Waals surface area (Å²) in [6.45, 7) is 3.92. The highest BCUT2D eigenvalue weighted by Crippen LogP contribution is 2.52. The molecule has 0 radical (unpaired) electrons. The van der Waals surface area contributed by atoms with Gasteiger partial charge in [-0.05, 0) is 37.1 Å². The Morgan fingerprint density at radius 1 is 1.00 bits per heavy atom. The van der Waals surface area contributed by atoms with E-state index >= 15 is 0 Å². The van der Waals surface area contributed by atoms with Gasteiger partial charge in [0.15, 0.2) is 0 Å². The lowest BCUT2D eigenvalue weighted by atomic mass is 9.69. The number of hydrogen-bond donors (Lipinski definition) is 0. The molecular formula is C19H21NO2. The number of hydrogen-bond acceptors (Lipinski definition) is 3. The lowest BCUT2D eigenvalue weighted by Crippen LogP contribution is -2.36. The number of carbonyl (C=O) groups is 1. The number of benzene rings is 2. The van der Waals surface area contributed by atoms with E-state index in [2.05, 4.69) is 36.2 Å². The Morgan fingerprint density at radius 3 is 1.91 bits per heavy atom. The summed E-state index contributed by atoms with van der Waals surface area (Å²) in [6, 6.07) is 16.5. The fourth-order valence-electron chi connectivity index (χ4n) is 3.53. The van der Waals surface area contributed by atoms with Gasteiger partial charge in [-0.2, -0.15) is 0 Å². The highest BCUT2D eigenvalue weighted by Gasteiger charge is 2.44. The molecule has 0 saturated heterocycles. The molecule has 0 bridgehead atoms. The van der Waals surface area contributed by atoms with Gasteiger partial charge in [0.2, 0.25) is 0 Å². The van der Waals surface area contributed by atoms with Crippen molar-refractivity contribution in [2.24, 2.45) is 5.41 Å². The van der Waals surface area contributed by atoms with Crippen molar-refractivity contribution >= 4 is 17.3 Å². The fourth-order valence-corrected chi connectivity index (χ4v) is 3.53. The molecule has 0 atom stereocenters. The summed E-state index contributed by atoms with van der Waals surface area (Å²) in [5, 5.41) is 0. The molecule has 3 nitrogen and oxygen atoms in total. The number of nitrogens with zero attached hydrogens (tertiary/aromatic N) is 1. The van der Waals surface area contributed by atoms with Gasteiger partial charge >= 0.3 is 5.97 Å². The van der Waals surface area contributed by atoms with Crippen molar-refractivity contribution in [3.63, 3.8) is 0 Å². The van der Waals surface area contributed by atoms with Crippen LogP contribution in [0.5, 0.6) is 0 Å². The molecule has 0 saturated carbocycles. The van der Waals surface area contributed by atoms with Gasteiger partial charge in [0.05, 0.1) is 12.5 Å². The lowest BCUT2D eigenvalue weighted by Gasteiger charge is -2.41.